The zero-order chi connectivity index (χ0) is 14.3. The average molecular weight is 280 g/mol. The number of nitrogens with one attached hydrogen (secondary N) is 1. The van der Waals surface area contributed by atoms with Crippen LogP contribution in [0.1, 0.15) is 51.2 Å². The molecule has 5 heteroatoms. The molecule has 0 aromatic carbocycles. The Morgan fingerprint density at radius 3 is 2.68 bits per heavy atom. The van der Waals surface area contributed by atoms with Gasteiger partial charge in [0, 0.05) is 23.5 Å². The molecule has 1 heterocycles. The monoisotopic (exact) mass is 280 g/mol. The van der Waals surface area contributed by atoms with Crippen LogP contribution in [0.3, 0.4) is 0 Å². The van der Waals surface area contributed by atoms with E-state index in [1.165, 1.54) is 0 Å². The van der Waals surface area contributed by atoms with E-state index in [1.54, 1.807) is 18.5 Å². The topological polar surface area (TPSA) is 59.1 Å². The second-order valence-electron chi connectivity index (χ2n) is 6.02. The smallest absolute Gasteiger partial charge is 0.241 e. The number of pyridine rings is 1. The Morgan fingerprint density at radius 1 is 1.37 bits per heavy atom. The zero-order valence-electron chi connectivity index (χ0n) is 11.8. The largest absolute Gasteiger partial charge is 0.264 e. The van der Waals surface area contributed by atoms with E-state index in [2.05, 4.69) is 16.6 Å². The van der Waals surface area contributed by atoms with Crippen LogP contribution in [0.5, 0.6) is 0 Å². The second-order valence-corrected chi connectivity index (χ2v) is 7.67. The van der Waals surface area contributed by atoms with Gasteiger partial charge in [-0.05, 0) is 44.7 Å². The third-order valence-corrected chi connectivity index (χ3v) is 4.88. The lowest BCUT2D eigenvalue weighted by molar-refractivity contribution is 0.497. The molecule has 2 rings (SSSR count). The summed E-state index contributed by atoms with van der Waals surface area (Å²) in [7, 11) is -3.51. The number of aromatic nitrogens is 1. The summed E-state index contributed by atoms with van der Waals surface area (Å²) >= 11 is 0. The van der Waals surface area contributed by atoms with Crippen molar-refractivity contribution in [1.82, 2.24) is 9.71 Å². The molecule has 0 fully saturated rings. The molecule has 0 amide bonds. The van der Waals surface area contributed by atoms with Gasteiger partial charge in [0.25, 0.3) is 0 Å². The average Bonchev–Trinajstić information content (AvgIpc) is 2.26. The van der Waals surface area contributed by atoms with Gasteiger partial charge in [-0.1, -0.05) is 13.0 Å². The van der Waals surface area contributed by atoms with Gasteiger partial charge in [-0.25, -0.2) is 13.1 Å². The van der Waals surface area contributed by atoms with Gasteiger partial charge >= 0.3 is 0 Å². The minimum Gasteiger partial charge on any atom is -0.264 e. The van der Waals surface area contributed by atoms with Gasteiger partial charge in [0.1, 0.15) is 0 Å². The molecule has 1 aromatic rings. The molecule has 1 atom stereocenters. The van der Waals surface area contributed by atoms with E-state index in [0.717, 1.165) is 17.5 Å². The molecule has 1 aliphatic carbocycles. The number of hydrogen-bond donors (Lipinski definition) is 1. The molecule has 1 aromatic heterocycles. The molecule has 104 valence electrons. The second kappa shape index (κ2) is 4.72. The molecule has 1 unspecified atom stereocenters. The molecule has 0 saturated carbocycles. The van der Waals surface area contributed by atoms with Crippen molar-refractivity contribution >= 4 is 14.9 Å². The van der Waals surface area contributed by atoms with Crippen molar-refractivity contribution in [3.05, 3.63) is 35.7 Å². The van der Waals surface area contributed by atoms with E-state index < -0.39 is 15.6 Å². The van der Waals surface area contributed by atoms with Gasteiger partial charge in [-0.15, -0.1) is 0 Å². The highest BCUT2D eigenvalue weighted by Gasteiger charge is 2.29. The zero-order valence-corrected chi connectivity index (χ0v) is 12.6. The van der Waals surface area contributed by atoms with Crippen molar-refractivity contribution in [2.24, 2.45) is 0 Å². The molecule has 0 bridgehead atoms. The highest BCUT2D eigenvalue weighted by Crippen LogP contribution is 2.36. The quantitative estimate of drug-likeness (QED) is 0.906. The molecular weight excluding hydrogens is 260 g/mol. The van der Waals surface area contributed by atoms with Crippen molar-refractivity contribution in [2.45, 2.75) is 45.6 Å². The maximum Gasteiger partial charge on any atom is 0.241 e. The summed E-state index contributed by atoms with van der Waals surface area (Å²) in [6.45, 7) is 7.60. The Balaban J connectivity index is 2.48. The van der Waals surface area contributed by atoms with Gasteiger partial charge in [-0.3, -0.25) is 4.98 Å². The fraction of sp³-hybridized carbons (Fsp3) is 0.500. The third kappa shape index (κ3) is 3.04. The van der Waals surface area contributed by atoms with Gasteiger partial charge in [-0.2, -0.15) is 0 Å². The van der Waals surface area contributed by atoms with Gasteiger partial charge in [0.05, 0.1) is 4.91 Å². The first-order valence-electron chi connectivity index (χ1n) is 6.39. The number of allylic oxidation sites excluding steroid dienone is 1. The predicted molar refractivity (Wildman–Crippen MR) is 77.1 cm³/mol. The Bertz CT molecular complexity index is 613. The van der Waals surface area contributed by atoms with E-state index in [0.29, 0.717) is 10.8 Å². The van der Waals surface area contributed by atoms with E-state index in [4.69, 9.17) is 0 Å². The molecule has 0 aliphatic heterocycles. The third-order valence-electron chi connectivity index (χ3n) is 3.04. The molecule has 1 aliphatic rings. The summed E-state index contributed by atoms with van der Waals surface area (Å²) < 4.78 is 27.6. The first-order chi connectivity index (χ1) is 8.71. The van der Waals surface area contributed by atoms with Crippen LogP contribution >= 0.6 is 0 Å². The van der Waals surface area contributed by atoms with Crippen LogP contribution in [0.4, 0.5) is 0 Å². The normalized spacial score (nSPS) is 19.8. The molecular formula is C14H20N2O2S. The van der Waals surface area contributed by atoms with Crippen LogP contribution in [0, 0.1) is 0 Å². The van der Waals surface area contributed by atoms with E-state index >= 15 is 0 Å². The number of sulfonamides is 1. The fourth-order valence-corrected chi connectivity index (χ4v) is 3.97. The Kier molecular flexibility index (Phi) is 3.53. The first-order valence-corrected chi connectivity index (χ1v) is 7.87. The lowest BCUT2D eigenvalue weighted by Gasteiger charge is -2.26. The number of hydrogen-bond acceptors (Lipinski definition) is 3. The predicted octanol–water partition coefficient (Wildman–Crippen LogP) is 2.65. The van der Waals surface area contributed by atoms with Crippen molar-refractivity contribution < 1.29 is 8.42 Å². The molecule has 0 saturated heterocycles. The Morgan fingerprint density at radius 2 is 2.05 bits per heavy atom. The first kappa shape index (κ1) is 14.2. The maximum atomic E-state index is 12.5. The summed E-state index contributed by atoms with van der Waals surface area (Å²) in [6, 6.07) is 1.90. The molecule has 19 heavy (non-hydrogen) atoms. The number of rotatable bonds is 2. The van der Waals surface area contributed by atoms with Crippen LogP contribution in [0.25, 0.3) is 4.91 Å². The van der Waals surface area contributed by atoms with Crippen LogP contribution in [0.15, 0.2) is 24.5 Å². The van der Waals surface area contributed by atoms with E-state index in [1.807, 2.05) is 26.8 Å². The Labute approximate surface area is 115 Å². The number of nitrogens with zero attached hydrogens (tertiary/aromatic N) is 1. The van der Waals surface area contributed by atoms with E-state index in [-0.39, 0.29) is 0 Å². The molecule has 4 nitrogen and oxygen atoms in total. The summed E-state index contributed by atoms with van der Waals surface area (Å²) in [4.78, 5) is 4.41. The highest BCUT2D eigenvalue weighted by molar-refractivity contribution is 7.98. The van der Waals surface area contributed by atoms with Crippen molar-refractivity contribution in [3.63, 3.8) is 0 Å². The lowest BCUT2D eigenvalue weighted by Crippen LogP contribution is -2.41. The minimum absolute atomic E-state index is 0.326. The minimum atomic E-state index is -3.51. The lowest BCUT2D eigenvalue weighted by atomic mass is 9.90. The SMILES string of the molecule is CC1CC=C(S(=O)(=O)NC(C)(C)C)c2cnccc21. The van der Waals surface area contributed by atoms with Crippen LogP contribution in [0.2, 0.25) is 0 Å². The van der Waals surface area contributed by atoms with Crippen molar-refractivity contribution in [1.29, 1.82) is 0 Å². The fourth-order valence-electron chi connectivity index (χ4n) is 2.27. The molecule has 0 radical (unpaired) electrons. The highest BCUT2D eigenvalue weighted by atomic mass is 32.2. The van der Waals surface area contributed by atoms with Gasteiger partial charge in [0.15, 0.2) is 0 Å². The van der Waals surface area contributed by atoms with E-state index in [9.17, 15) is 8.42 Å². The summed E-state index contributed by atoms with van der Waals surface area (Å²) in [5.41, 5.74) is 1.27. The van der Waals surface area contributed by atoms with Gasteiger partial charge < -0.3 is 0 Å². The van der Waals surface area contributed by atoms with Gasteiger partial charge in [0.2, 0.25) is 10.0 Å². The van der Waals surface area contributed by atoms with Crippen LogP contribution < -0.4 is 4.72 Å². The summed E-state index contributed by atoms with van der Waals surface area (Å²) in [5, 5.41) is 0. The maximum absolute atomic E-state index is 12.5. The standard InChI is InChI=1S/C14H20N2O2S/c1-10-5-6-13(12-9-15-8-7-11(10)12)19(17,18)16-14(2,3)4/h6-10,16H,5H2,1-4H3. The summed E-state index contributed by atoms with van der Waals surface area (Å²) in [6.07, 6.45) is 5.88. The van der Waals surface area contributed by atoms with Crippen molar-refractivity contribution in [3.8, 4) is 0 Å². The number of fused-ring (bicyclic) bond motifs is 1. The van der Waals surface area contributed by atoms with Crippen LogP contribution in [-0.2, 0) is 10.0 Å². The Hall–Kier alpha value is -1.20. The van der Waals surface area contributed by atoms with Crippen molar-refractivity contribution in [2.75, 3.05) is 0 Å². The molecule has 0 spiro atoms. The molecule has 1 N–H and O–H groups in total. The van der Waals surface area contributed by atoms with Crippen LogP contribution in [-0.4, -0.2) is 18.9 Å². The summed E-state index contributed by atoms with van der Waals surface area (Å²) in [5.74, 6) is 0.326.